The molecule has 19 heavy (non-hydrogen) atoms. The van der Waals surface area contributed by atoms with E-state index in [2.05, 4.69) is 4.98 Å². The van der Waals surface area contributed by atoms with E-state index in [4.69, 9.17) is 27.5 Å². The molecule has 0 bridgehead atoms. The summed E-state index contributed by atoms with van der Waals surface area (Å²) in [5.74, 6) is 1.04. The lowest BCUT2D eigenvalue weighted by Crippen LogP contribution is -2.11. The van der Waals surface area contributed by atoms with Crippen LogP contribution in [-0.2, 0) is 0 Å². The maximum absolute atomic E-state index is 7.39. The first-order chi connectivity index (χ1) is 8.97. The fourth-order valence-corrected chi connectivity index (χ4v) is 1.83. The highest BCUT2D eigenvalue weighted by Gasteiger charge is 2.06. The van der Waals surface area contributed by atoms with Crippen LogP contribution in [0.1, 0.15) is 16.7 Å². The van der Waals surface area contributed by atoms with Gasteiger partial charge in [0.25, 0.3) is 0 Å². The molecular weight excluding hydrogens is 262 g/mol. The standard InChI is InChI=1S/C14H14ClN3O/c1-8-5-11(6-9(2)13(8)15)19-12-7-10(14(16)17)3-4-18-12/h3-7H,1-2H3,(H3,16,17). The number of aryl methyl sites for hydroxylation is 2. The molecule has 0 unspecified atom stereocenters. The second-order valence-electron chi connectivity index (χ2n) is 4.27. The maximum atomic E-state index is 7.39. The summed E-state index contributed by atoms with van der Waals surface area (Å²) in [6.45, 7) is 3.84. The number of nitrogen functional groups attached to an aromatic ring is 1. The van der Waals surface area contributed by atoms with Crippen molar-refractivity contribution in [3.8, 4) is 11.6 Å². The molecular formula is C14H14ClN3O. The lowest BCUT2D eigenvalue weighted by atomic mass is 10.1. The highest BCUT2D eigenvalue weighted by atomic mass is 35.5. The van der Waals surface area contributed by atoms with Gasteiger partial charge >= 0.3 is 0 Å². The summed E-state index contributed by atoms with van der Waals surface area (Å²) in [5, 5.41) is 8.12. The molecule has 98 valence electrons. The van der Waals surface area contributed by atoms with Gasteiger partial charge in [-0.25, -0.2) is 4.98 Å². The Morgan fingerprint density at radius 3 is 2.47 bits per heavy atom. The van der Waals surface area contributed by atoms with Gasteiger partial charge in [-0.15, -0.1) is 0 Å². The molecule has 0 radical (unpaired) electrons. The smallest absolute Gasteiger partial charge is 0.219 e. The average Bonchev–Trinajstić information content (AvgIpc) is 2.36. The van der Waals surface area contributed by atoms with Crippen molar-refractivity contribution in [2.45, 2.75) is 13.8 Å². The van der Waals surface area contributed by atoms with Crippen molar-refractivity contribution in [2.75, 3.05) is 0 Å². The number of halogens is 1. The van der Waals surface area contributed by atoms with Crippen LogP contribution < -0.4 is 10.5 Å². The molecule has 0 aliphatic carbocycles. The molecule has 0 saturated carbocycles. The van der Waals surface area contributed by atoms with Crippen LogP contribution in [0.4, 0.5) is 0 Å². The Bertz CT molecular complexity index is 617. The van der Waals surface area contributed by atoms with Crippen LogP contribution >= 0.6 is 11.6 Å². The van der Waals surface area contributed by atoms with E-state index in [0.717, 1.165) is 16.1 Å². The highest BCUT2D eigenvalue weighted by Crippen LogP contribution is 2.28. The summed E-state index contributed by atoms with van der Waals surface area (Å²) in [6.07, 6.45) is 1.56. The number of nitrogens with one attached hydrogen (secondary N) is 1. The summed E-state index contributed by atoms with van der Waals surface area (Å²) in [4.78, 5) is 4.09. The molecule has 1 heterocycles. The van der Waals surface area contributed by atoms with Crippen molar-refractivity contribution in [1.82, 2.24) is 4.98 Å². The largest absolute Gasteiger partial charge is 0.439 e. The minimum Gasteiger partial charge on any atom is -0.439 e. The quantitative estimate of drug-likeness (QED) is 0.666. The number of pyridine rings is 1. The van der Waals surface area contributed by atoms with E-state index in [1.807, 2.05) is 26.0 Å². The van der Waals surface area contributed by atoms with Crippen LogP contribution in [0.15, 0.2) is 30.5 Å². The third kappa shape index (κ3) is 3.03. The second kappa shape index (κ2) is 5.28. The van der Waals surface area contributed by atoms with Crippen molar-refractivity contribution < 1.29 is 4.74 Å². The maximum Gasteiger partial charge on any atom is 0.219 e. The molecule has 0 fully saturated rings. The van der Waals surface area contributed by atoms with Crippen LogP contribution in [0.2, 0.25) is 5.02 Å². The van der Waals surface area contributed by atoms with E-state index in [0.29, 0.717) is 17.2 Å². The molecule has 1 aromatic carbocycles. The van der Waals surface area contributed by atoms with Crippen molar-refractivity contribution in [3.05, 3.63) is 52.2 Å². The van der Waals surface area contributed by atoms with Gasteiger partial charge in [0.2, 0.25) is 5.88 Å². The molecule has 2 rings (SSSR count). The van der Waals surface area contributed by atoms with Gasteiger partial charge in [0.15, 0.2) is 0 Å². The zero-order chi connectivity index (χ0) is 14.0. The van der Waals surface area contributed by atoms with E-state index in [1.165, 1.54) is 0 Å². The number of rotatable bonds is 3. The average molecular weight is 276 g/mol. The fraction of sp³-hybridized carbons (Fsp3) is 0.143. The van der Waals surface area contributed by atoms with Crippen molar-refractivity contribution >= 4 is 17.4 Å². The summed E-state index contributed by atoms with van der Waals surface area (Å²) < 4.78 is 5.66. The third-order valence-electron chi connectivity index (χ3n) is 2.68. The Balaban J connectivity index is 2.31. The lowest BCUT2D eigenvalue weighted by Gasteiger charge is -2.09. The van der Waals surface area contributed by atoms with Gasteiger partial charge in [-0.2, -0.15) is 0 Å². The SMILES string of the molecule is Cc1cc(Oc2cc(C(=N)N)ccn2)cc(C)c1Cl. The van der Waals surface area contributed by atoms with E-state index in [9.17, 15) is 0 Å². The summed E-state index contributed by atoms with van der Waals surface area (Å²) in [6, 6.07) is 6.98. The highest BCUT2D eigenvalue weighted by molar-refractivity contribution is 6.32. The molecule has 2 aromatic rings. The summed E-state index contributed by atoms with van der Waals surface area (Å²) in [7, 11) is 0. The Labute approximate surface area is 116 Å². The van der Waals surface area contributed by atoms with Crippen molar-refractivity contribution in [3.63, 3.8) is 0 Å². The number of benzene rings is 1. The van der Waals surface area contributed by atoms with Crippen molar-refractivity contribution in [1.29, 1.82) is 5.41 Å². The normalized spacial score (nSPS) is 10.3. The lowest BCUT2D eigenvalue weighted by molar-refractivity contribution is 0.462. The molecule has 0 spiro atoms. The second-order valence-corrected chi connectivity index (χ2v) is 4.65. The Morgan fingerprint density at radius 1 is 1.26 bits per heavy atom. The van der Waals surface area contributed by atoms with Gasteiger partial charge in [0, 0.05) is 22.8 Å². The number of hydrogen-bond acceptors (Lipinski definition) is 3. The molecule has 0 aliphatic rings. The first kappa shape index (κ1) is 13.4. The zero-order valence-electron chi connectivity index (χ0n) is 10.7. The van der Waals surface area contributed by atoms with Gasteiger partial charge in [0.1, 0.15) is 11.6 Å². The topological polar surface area (TPSA) is 72.0 Å². The number of ether oxygens (including phenoxy) is 1. The molecule has 5 heteroatoms. The predicted octanol–water partition coefficient (Wildman–Crippen LogP) is 3.43. The van der Waals surface area contributed by atoms with Crippen LogP contribution in [0.5, 0.6) is 11.6 Å². The number of nitrogens with two attached hydrogens (primary N) is 1. The molecule has 1 aromatic heterocycles. The number of amidine groups is 1. The van der Waals surface area contributed by atoms with Crippen LogP contribution in [0.25, 0.3) is 0 Å². The minimum absolute atomic E-state index is 0.0179. The van der Waals surface area contributed by atoms with E-state index < -0.39 is 0 Å². The van der Waals surface area contributed by atoms with E-state index >= 15 is 0 Å². The third-order valence-corrected chi connectivity index (χ3v) is 3.27. The van der Waals surface area contributed by atoms with E-state index in [1.54, 1.807) is 18.3 Å². The molecule has 0 atom stereocenters. The van der Waals surface area contributed by atoms with Crippen LogP contribution in [0.3, 0.4) is 0 Å². The van der Waals surface area contributed by atoms with Gasteiger partial charge in [-0.1, -0.05) is 11.6 Å². The Kier molecular flexibility index (Phi) is 3.71. The van der Waals surface area contributed by atoms with E-state index in [-0.39, 0.29) is 5.84 Å². The molecule has 0 saturated heterocycles. The van der Waals surface area contributed by atoms with Gasteiger partial charge in [0.05, 0.1) is 0 Å². The van der Waals surface area contributed by atoms with Gasteiger partial charge in [-0.3, -0.25) is 5.41 Å². The van der Waals surface area contributed by atoms with Crippen LogP contribution in [-0.4, -0.2) is 10.8 Å². The number of aromatic nitrogens is 1. The Hall–Kier alpha value is -2.07. The Morgan fingerprint density at radius 2 is 1.89 bits per heavy atom. The van der Waals surface area contributed by atoms with Crippen molar-refractivity contribution in [2.24, 2.45) is 5.73 Å². The van der Waals surface area contributed by atoms with Crippen LogP contribution in [0, 0.1) is 19.3 Å². The van der Waals surface area contributed by atoms with Gasteiger partial charge in [-0.05, 0) is 43.2 Å². The zero-order valence-corrected chi connectivity index (χ0v) is 11.5. The monoisotopic (exact) mass is 275 g/mol. The molecule has 0 aliphatic heterocycles. The van der Waals surface area contributed by atoms with Gasteiger partial charge < -0.3 is 10.5 Å². The minimum atomic E-state index is -0.0179. The number of nitrogens with zero attached hydrogens (tertiary/aromatic N) is 1. The summed E-state index contributed by atoms with van der Waals surface area (Å²) >= 11 is 6.10. The molecule has 3 N–H and O–H groups in total. The molecule has 0 amide bonds. The number of hydrogen-bond donors (Lipinski definition) is 2. The first-order valence-electron chi connectivity index (χ1n) is 5.72. The fourth-order valence-electron chi connectivity index (χ4n) is 1.72. The molecule has 4 nitrogen and oxygen atoms in total. The summed E-state index contributed by atoms with van der Waals surface area (Å²) in [5.41, 5.74) is 7.89. The first-order valence-corrected chi connectivity index (χ1v) is 6.10. The predicted molar refractivity (Wildman–Crippen MR) is 76.3 cm³/mol.